The van der Waals surface area contributed by atoms with Gasteiger partial charge in [0.25, 0.3) is 0 Å². The highest BCUT2D eigenvalue weighted by atomic mass is 16.1. The highest BCUT2D eigenvalue weighted by Crippen LogP contribution is 1.92. The SMILES string of the molecule is CCCCC(=O)NCCCNC. The molecule has 0 aromatic rings. The molecule has 2 N–H and O–H groups in total. The lowest BCUT2D eigenvalue weighted by molar-refractivity contribution is -0.121. The van der Waals surface area contributed by atoms with Gasteiger partial charge in [0.05, 0.1) is 0 Å². The molecular weight excluding hydrogens is 152 g/mol. The molecule has 0 radical (unpaired) electrons. The summed E-state index contributed by atoms with van der Waals surface area (Å²) in [4.78, 5) is 11.0. The molecule has 0 saturated carbocycles. The van der Waals surface area contributed by atoms with E-state index in [9.17, 15) is 4.79 Å². The molecule has 0 aliphatic rings. The number of carbonyl (C=O) groups is 1. The Bertz CT molecular complexity index is 115. The molecule has 0 heterocycles. The summed E-state index contributed by atoms with van der Waals surface area (Å²) in [5, 5.41) is 5.91. The molecule has 0 bridgehead atoms. The van der Waals surface area contributed by atoms with E-state index in [0.717, 1.165) is 32.4 Å². The predicted octanol–water partition coefficient (Wildman–Crippen LogP) is 0.902. The molecule has 72 valence electrons. The normalized spacial score (nSPS) is 9.83. The molecular formula is C9H20N2O. The van der Waals surface area contributed by atoms with Crippen molar-refractivity contribution >= 4 is 5.91 Å². The number of carbonyl (C=O) groups excluding carboxylic acids is 1. The van der Waals surface area contributed by atoms with Crippen molar-refractivity contribution in [2.75, 3.05) is 20.1 Å². The van der Waals surface area contributed by atoms with E-state index in [1.165, 1.54) is 0 Å². The van der Waals surface area contributed by atoms with E-state index in [2.05, 4.69) is 17.6 Å². The molecule has 1 amide bonds. The van der Waals surface area contributed by atoms with Gasteiger partial charge in [-0.2, -0.15) is 0 Å². The molecule has 0 rings (SSSR count). The van der Waals surface area contributed by atoms with Crippen LogP contribution in [-0.4, -0.2) is 26.0 Å². The third-order valence-electron chi connectivity index (χ3n) is 1.68. The summed E-state index contributed by atoms with van der Waals surface area (Å²) in [5.74, 6) is 0.188. The molecule has 0 fully saturated rings. The quantitative estimate of drug-likeness (QED) is 0.560. The van der Waals surface area contributed by atoms with Crippen molar-refractivity contribution in [2.24, 2.45) is 0 Å². The van der Waals surface area contributed by atoms with Crippen LogP contribution < -0.4 is 10.6 Å². The van der Waals surface area contributed by atoms with E-state index < -0.39 is 0 Å². The Hall–Kier alpha value is -0.570. The average molecular weight is 172 g/mol. The average Bonchev–Trinajstić information content (AvgIpc) is 2.09. The molecule has 0 saturated heterocycles. The van der Waals surface area contributed by atoms with Gasteiger partial charge in [-0.3, -0.25) is 4.79 Å². The first-order valence-electron chi connectivity index (χ1n) is 4.72. The van der Waals surface area contributed by atoms with E-state index in [1.807, 2.05) is 7.05 Å². The Morgan fingerprint density at radius 3 is 2.58 bits per heavy atom. The van der Waals surface area contributed by atoms with Crippen LogP contribution in [0.4, 0.5) is 0 Å². The second-order valence-electron chi connectivity index (χ2n) is 2.91. The van der Waals surface area contributed by atoms with E-state index in [1.54, 1.807) is 0 Å². The van der Waals surface area contributed by atoms with Crippen molar-refractivity contribution in [3.8, 4) is 0 Å². The summed E-state index contributed by atoms with van der Waals surface area (Å²) in [6.07, 6.45) is 3.77. The van der Waals surface area contributed by atoms with Gasteiger partial charge in [0.2, 0.25) is 5.91 Å². The molecule has 0 spiro atoms. The number of hydrogen-bond donors (Lipinski definition) is 2. The summed E-state index contributed by atoms with van der Waals surface area (Å²) in [5.41, 5.74) is 0. The second-order valence-corrected chi connectivity index (χ2v) is 2.91. The van der Waals surface area contributed by atoms with E-state index in [4.69, 9.17) is 0 Å². The molecule has 0 aliphatic heterocycles. The first-order valence-corrected chi connectivity index (χ1v) is 4.72. The fraction of sp³-hybridized carbons (Fsp3) is 0.889. The number of nitrogens with one attached hydrogen (secondary N) is 2. The minimum atomic E-state index is 0.188. The molecule has 3 nitrogen and oxygen atoms in total. The zero-order valence-electron chi connectivity index (χ0n) is 8.15. The third-order valence-corrected chi connectivity index (χ3v) is 1.68. The zero-order valence-corrected chi connectivity index (χ0v) is 8.15. The van der Waals surface area contributed by atoms with Crippen molar-refractivity contribution in [3.63, 3.8) is 0 Å². The first kappa shape index (κ1) is 11.4. The molecule has 0 aromatic carbocycles. The summed E-state index contributed by atoms with van der Waals surface area (Å²) < 4.78 is 0. The number of rotatable bonds is 7. The van der Waals surface area contributed by atoms with E-state index >= 15 is 0 Å². The number of amides is 1. The molecule has 0 aliphatic carbocycles. The van der Waals surface area contributed by atoms with Gasteiger partial charge in [0, 0.05) is 13.0 Å². The van der Waals surface area contributed by atoms with E-state index in [0.29, 0.717) is 6.42 Å². The maximum atomic E-state index is 11.0. The lowest BCUT2D eigenvalue weighted by atomic mass is 10.2. The van der Waals surface area contributed by atoms with Crippen LogP contribution >= 0.6 is 0 Å². The summed E-state index contributed by atoms with van der Waals surface area (Å²) in [7, 11) is 1.92. The maximum absolute atomic E-state index is 11.0. The lowest BCUT2D eigenvalue weighted by Gasteiger charge is -2.03. The van der Waals surface area contributed by atoms with Gasteiger partial charge in [-0.25, -0.2) is 0 Å². The van der Waals surface area contributed by atoms with Crippen LogP contribution in [-0.2, 0) is 4.79 Å². The Balaban J connectivity index is 3.08. The molecule has 0 aromatic heterocycles. The van der Waals surface area contributed by atoms with Gasteiger partial charge < -0.3 is 10.6 Å². The van der Waals surface area contributed by atoms with Crippen LogP contribution in [0.5, 0.6) is 0 Å². The summed E-state index contributed by atoms with van der Waals surface area (Å²) in [6, 6.07) is 0. The van der Waals surface area contributed by atoms with Gasteiger partial charge in [0.1, 0.15) is 0 Å². The summed E-state index contributed by atoms with van der Waals surface area (Å²) in [6.45, 7) is 3.85. The fourth-order valence-corrected chi connectivity index (χ4v) is 0.919. The smallest absolute Gasteiger partial charge is 0.219 e. The van der Waals surface area contributed by atoms with Crippen LogP contribution in [0.15, 0.2) is 0 Å². The minimum Gasteiger partial charge on any atom is -0.356 e. The van der Waals surface area contributed by atoms with E-state index in [-0.39, 0.29) is 5.91 Å². The Kier molecular flexibility index (Phi) is 8.12. The third kappa shape index (κ3) is 7.54. The van der Waals surface area contributed by atoms with Gasteiger partial charge in [-0.1, -0.05) is 13.3 Å². The van der Waals surface area contributed by atoms with Crippen molar-refractivity contribution < 1.29 is 4.79 Å². The molecule has 3 heteroatoms. The zero-order chi connectivity index (χ0) is 9.23. The Morgan fingerprint density at radius 2 is 2.00 bits per heavy atom. The number of unbranched alkanes of at least 4 members (excludes halogenated alkanes) is 1. The van der Waals surface area contributed by atoms with Crippen molar-refractivity contribution in [1.82, 2.24) is 10.6 Å². The maximum Gasteiger partial charge on any atom is 0.219 e. The van der Waals surface area contributed by atoms with Crippen LogP contribution in [0.3, 0.4) is 0 Å². The van der Waals surface area contributed by atoms with Crippen molar-refractivity contribution in [2.45, 2.75) is 32.6 Å². The highest BCUT2D eigenvalue weighted by molar-refractivity contribution is 5.75. The first-order chi connectivity index (χ1) is 5.81. The second kappa shape index (κ2) is 8.53. The van der Waals surface area contributed by atoms with Gasteiger partial charge in [-0.05, 0) is 26.4 Å². The Labute approximate surface area is 74.9 Å². The standard InChI is InChI=1S/C9H20N2O/c1-3-4-6-9(12)11-8-5-7-10-2/h10H,3-8H2,1-2H3,(H,11,12). The van der Waals surface area contributed by atoms with Crippen molar-refractivity contribution in [3.05, 3.63) is 0 Å². The minimum absolute atomic E-state index is 0.188. The van der Waals surface area contributed by atoms with Crippen LogP contribution in [0, 0.1) is 0 Å². The molecule has 12 heavy (non-hydrogen) atoms. The predicted molar refractivity (Wildman–Crippen MR) is 51.1 cm³/mol. The van der Waals surface area contributed by atoms with Gasteiger partial charge in [0.15, 0.2) is 0 Å². The van der Waals surface area contributed by atoms with Crippen LogP contribution in [0.2, 0.25) is 0 Å². The Morgan fingerprint density at radius 1 is 1.25 bits per heavy atom. The molecule has 0 atom stereocenters. The van der Waals surface area contributed by atoms with Gasteiger partial charge >= 0.3 is 0 Å². The molecule has 0 unspecified atom stereocenters. The van der Waals surface area contributed by atoms with Crippen LogP contribution in [0.25, 0.3) is 0 Å². The highest BCUT2D eigenvalue weighted by Gasteiger charge is 1.97. The monoisotopic (exact) mass is 172 g/mol. The van der Waals surface area contributed by atoms with Crippen molar-refractivity contribution in [1.29, 1.82) is 0 Å². The largest absolute Gasteiger partial charge is 0.356 e. The summed E-state index contributed by atoms with van der Waals surface area (Å²) >= 11 is 0. The van der Waals surface area contributed by atoms with Gasteiger partial charge in [-0.15, -0.1) is 0 Å². The fourth-order valence-electron chi connectivity index (χ4n) is 0.919. The lowest BCUT2D eigenvalue weighted by Crippen LogP contribution is -2.26. The number of hydrogen-bond acceptors (Lipinski definition) is 2. The van der Waals surface area contributed by atoms with Crippen LogP contribution in [0.1, 0.15) is 32.6 Å². The topological polar surface area (TPSA) is 41.1 Å².